The van der Waals surface area contributed by atoms with Crippen LogP contribution in [0.2, 0.25) is 5.02 Å². The third kappa shape index (κ3) is 6.02. The zero-order valence-electron chi connectivity index (χ0n) is 19.1. The molecule has 5 nitrogen and oxygen atoms in total. The molecule has 0 amide bonds. The van der Waals surface area contributed by atoms with E-state index >= 15 is 0 Å². The Hall–Kier alpha value is -2.32. The second-order valence-electron chi connectivity index (χ2n) is 9.42. The van der Waals surface area contributed by atoms with Crippen molar-refractivity contribution >= 4 is 23.4 Å². The highest BCUT2D eigenvalue weighted by molar-refractivity contribution is 6.30. The average Bonchev–Trinajstić information content (AvgIpc) is 2.81. The summed E-state index contributed by atoms with van der Waals surface area (Å²) < 4.78 is 43.7. The van der Waals surface area contributed by atoms with E-state index in [0.29, 0.717) is 36.9 Å². The van der Waals surface area contributed by atoms with E-state index in [1.165, 1.54) is 0 Å². The van der Waals surface area contributed by atoms with Gasteiger partial charge in [-0.3, -0.25) is 4.90 Å². The molecule has 9 heteroatoms. The molecule has 2 fully saturated rings. The van der Waals surface area contributed by atoms with Crippen molar-refractivity contribution in [3.63, 3.8) is 0 Å². The zero-order valence-corrected chi connectivity index (χ0v) is 19.9. The number of carbonyl (C=O) groups is 1. The lowest BCUT2D eigenvalue weighted by molar-refractivity contribution is -0.217. The molecule has 4 rings (SSSR count). The monoisotopic (exact) mass is 495 g/mol. The number of ether oxygens (including phenoxy) is 1. The van der Waals surface area contributed by atoms with Crippen molar-refractivity contribution in [1.29, 1.82) is 0 Å². The highest BCUT2D eigenvalue weighted by Gasteiger charge is 2.48. The van der Waals surface area contributed by atoms with Gasteiger partial charge in [0, 0.05) is 49.4 Å². The standard InChI is InChI=1S/C25H29ClF3N3O2/c1-24(34-23(33)25(27,28)29)11-15-32(21(17-24)16-18-5-7-19(26)8-6-18)20-9-13-31(14-10-20)22-4-2-3-12-30-22/h2-8,12,20-21H,9-11,13-17H2,1H3/t21-,24?/m0/s1. The van der Waals surface area contributed by atoms with E-state index in [9.17, 15) is 18.0 Å². The Morgan fingerprint density at radius 2 is 1.85 bits per heavy atom. The summed E-state index contributed by atoms with van der Waals surface area (Å²) in [6.45, 7) is 3.93. The molecule has 1 aromatic heterocycles. The van der Waals surface area contributed by atoms with Crippen LogP contribution >= 0.6 is 11.6 Å². The molecule has 0 aliphatic carbocycles. The number of halogens is 4. The molecule has 1 aromatic carbocycles. The number of hydrogen-bond donors (Lipinski definition) is 0. The molecule has 2 aliphatic rings. The van der Waals surface area contributed by atoms with Crippen molar-refractivity contribution < 1.29 is 22.7 Å². The van der Waals surface area contributed by atoms with Gasteiger partial charge in [-0.25, -0.2) is 9.78 Å². The maximum atomic E-state index is 12.9. The first-order valence-corrected chi connectivity index (χ1v) is 12.0. The Morgan fingerprint density at radius 3 is 2.47 bits per heavy atom. The van der Waals surface area contributed by atoms with E-state index in [1.54, 1.807) is 13.1 Å². The van der Waals surface area contributed by atoms with Crippen LogP contribution in [0.3, 0.4) is 0 Å². The van der Waals surface area contributed by atoms with Gasteiger partial charge in [0.1, 0.15) is 11.4 Å². The first-order chi connectivity index (χ1) is 16.1. The Balaban J connectivity index is 1.48. The lowest BCUT2D eigenvalue weighted by Crippen LogP contribution is -2.57. The summed E-state index contributed by atoms with van der Waals surface area (Å²) in [5, 5.41) is 0.634. The number of nitrogens with zero attached hydrogens (tertiary/aromatic N) is 3. The molecule has 3 heterocycles. The van der Waals surface area contributed by atoms with Crippen molar-refractivity contribution in [2.24, 2.45) is 0 Å². The minimum Gasteiger partial charge on any atom is -0.453 e. The second kappa shape index (κ2) is 10.1. The molecule has 184 valence electrons. The van der Waals surface area contributed by atoms with E-state index in [-0.39, 0.29) is 6.04 Å². The summed E-state index contributed by atoms with van der Waals surface area (Å²) in [6.07, 6.45) is 0.0297. The summed E-state index contributed by atoms with van der Waals surface area (Å²) >= 11 is 6.03. The fraction of sp³-hybridized carbons (Fsp3) is 0.520. The van der Waals surface area contributed by atoms with Crippen molar-refractivity contribution in [2.75, 3.05) is 24.5 Å². The van der Waals surface area contributed by atoms with Gasteiger partial charge in [0.15, 0.2) is 0 Å². The summed E-state index contributed by atoms with van der Waals surface area (Å²) in [4.78, 5) is 20.7. The van der Waals surface area contributed by atoms with Crippen LogP contribution in [0.1, 0.15) is 38.2 Å². The summed E-state index contributed by atoms with van der Waals surface area (Å²) in [5.74, 6) is -1.15. The fourth-order valence-corrected chi connectivity index (χ4v) is 5.30. The van der Waals surface area contributed by atoms with Crippen LogP contribution in [0, 0.1) is 0 Å². The summed E-state index contributed by atoms with van der Waals surface area (Å²) in [6, 6.07) is 13.7. The Kier molecular flexibility index (Phi) is 7.38. The van der Waals surface area contributed by atoms with Gasteiger partial charge in [-0.2, -0.15) is 13.2 Å². The topological polar surface area (TPSA) is 45.7 Å². The maximum absolute atomic E-state index is 12.9. The number of likely N-dealkylation sites (tertiary alicyclic amines) is 1. The van der Waals surface area contributed by atoms with Crippen LogP contribution in [0.5, 0.6) is 0 Å². The number of anilines is 1. The van der Waals surface area contributed by atoms with Gasteiger partial charge in [-0.05, 0) is 62.4 Å². The SMILES string of the molecule is CC1(OC(=O)C(F)(F)F)CCN(C2CCN(c3ccccn3)CC2)[C@@H](Cc2ccc(Cl)cc2)C1. The molecule has 2 saturated heterocycles. The lowest BCUT2D eigenvalue weighted by Gasteiger charge is -2.49. The third-order valence-corrected chi connectivity index (χ3v) is 7.15. The quantitative estimate of drug-likeness (QED) is 0.528. The van der Waals surface area contributed by atoms with E-state index in [2.05, 4.69) is 14.8 Å². The van der Waals surface area contributed by atoms with Crippen molar-refractivity contribution in [2.45, 2.75) is 62.9 Å². The van der Waals surface area contributed by atoms with Gasteiger partial charge in [-0.15, -0.1) is 0 Å². The van der Waals surface area contributed by atoms with Gasteiger partial charge in [0.05, 0.1) is 0 Å². The largest absolute Gasteiger partial charge is 0.490 e. The van der Waals surface area contributed by atoms with Gasteiger partial charge in [-0.1, -0.05) is 29.8 Å². The third-order valence-electron chi connectivity index (χ3n) is 6.90. The molecule has 0 saturated carbocycles. The number of aromatic nitrogens is 1. The fourth-order valence-electron chi connectivity index (χ4n) is 5.17. The number of alkyl halides is 3. The van der Waals surface area contributed by atoms with Crippen molar-refractivity contribution in [3.05, 3.63) is 59.2 Å². The van der Waals surface area contributed by atoms with Crippen LogP contribution < -0.4 is 4.90 Å². The Morgan fingerprint density at radius 1 is 1.15 bits per heavy atom. The number of rotatable bonds is 5. The van der Waals surface area contributed by atoms with Crippen LogP contribution in [-0.2, 0) is 16.0 Å². The highest BCUT2D eigenvalue weighted by Crippen LogP contribution is 2.36. The van der Waals surface area contributed by atoms with Gasteiger partial charge >= 0.3 is 12.1 Å². The van der Waals surface area contributed by atoms with Crippen LogP contribution in [0.25, 0.3) is 0 Å². The van der Waals surface area contributed by atoms with Crippen molar-refractivity contribution in [1.82, 2.24) is 9.88 Å². The molecular weight excluding hydrogens is 467 g/mol. The zero-order chi connectivity index (χ0) is 24.3. The highest BCUT2D eigenvalue weighted by atomic mass is 35.5. The first-order valence-electron chi connectivity index (χ1n) is 11.6. The number of pyridine rings is 1. The minimum absolute atomic E-state index is 0.0487. The Labute approximate surface area is 202 Å². The molecule has 0 bridgehead atoms. The Bertz CT molecular complexity index is 966. The predicted molar refractivity (Wildman–Crippen MR) is 125 cm³/mol. The molecule has 2 aromatic rings. The summed E-state index contributed by atoms with van der Waals surface area (Å²) in [5.41, 5.74) is -0.105. The molecule has 2 aliphatic heterocycles. The predicted octanol–water partition coefficient (Wildman–Crippen LogP) is 5.28. The van der Waals surface area contributed by atoms with Crippen LogP contribution in [0.15, 0.2) is 48.7 Å². The molecule has 34 heavy (non-hydrogen) atoms. The van der Waals surface area contributed by atoms with E-state index in [4.69, 9.17) is 16.3 Å². The van der Waals surface area contributed by atoms with E-state index in [0.717, 1.165) is 37.3 Å². The van der Waals surface area contributed by atoms with E-state index in [1.807, 2.05) is 42.5 Å². The van der Waals surface area contributed by atoms with Crippen molar-refractivity contribution in [3.8, 4) is 0 Å². The molecule has 0 radical (unpaired) electrons. The number of benzene rings is 1. The lowest BCUT2D eigenvalue weighted by atomic mass is 9.83. The number of esters is 1. The van der Waals surface area contributed by atoms with Gasteiger partial charge in [0.25, 0.3) is 0 Å². The van der Waals surface area contributed by atoms with Crippen LogP contribution in [0.4, 0.5) is 19.0 Å². The first kappa shape index (κ1) is 24.8. The number of carbonyl (C=O) groups excluding carboxylic acids is 1. The normalized spacial score (nSPS) is 24.7. The second-order valence-corrected chi connectivity index (χ2v) is 9.86. The average molecular weight is 496 g/mol. The minimum atomic E-state index is -5.00. The summed E-state index contributed by atoms with van der Waals surface area (Å²) in [7, 11) is 0. The molecule has 0 spiro atoms. The number of piperidine rings is 2. The maximum Gasteiger partial charge on any atom is 0.490 e. The molecule has 1 unspecified atom stereocenters. The van der Waals surface area contributed by atoms with Gasteiger partial charge < -0.3 is 9.64 Å². The van der Waals surface area contributed by atoms with Gasteiger partial charge in [0.2, 0.25) is 0 Å². The van der Waals surface area contributed by atoms with Crippen LogP contribution in [-0.4, -0.2) is 59.3 Å². The molecule has 0 N–H and O–H groups in total. The molecule has 2 atom stereocenters. The molecular formula is C25H29ClF3N3O2. The number of hydrogen-bond acceptors (Lipinski definition) is 5. The smallest absolute Gasteiger partial charge is 0.453 e. The van der Waals surface area contributed by atoms with E-state index < -0.39 is 17.7 Å².